The number of aromatic nitrogens is 1. The van der Waals surface area contributed by atoms with Gasteiger partial charge in [0.1, 0.15) is 17.6 Å². The lowest BCUT2D eigenvalue weighted by Crippen LogP contribution is -2.33. The predicted molar refractivity (Wildman–Crippen MR) is 103 cm³/mol. The first-order chi connectivity index (χ1) is 13.5. The monoisotopic (exact) mass is 403 g/mol. The number of carbonyl (C=O) groups excluding carboxylic acids is 2. The van der Waals surface area contributed by atoms with Crippen molar-refractivity contribution < 1.29 is 23.1 Å². The first kappa shape index (κ1) is 20.9. The number of benzene rings is 1. The first-order valence-corrected chi connectivity index (χ1v) is 9.23. The van der Waals surface area contributed by atoms with E-state index >= 15 is 0 Å². The lowest BCUT2D eigenvalue weighted by molar-refractivity contribution is -0.131. The third-order valence-corrected chi connectivity index (χ3v) is 5.64. The van der Waals surface area contributed by atoms with Crippen molar-refractivity contribution in [1.82, 2.24) is 4.98 Å². The molecule has 1 saturated heterocycles. The smallest absolute Gasteiger partial charge is 0.267 e. The summed E-state index contributed by atoms with van der Waals surface area (Å²) in [5.74, 6) is -3.60. The van der Waals surface area contributed by atoms with Gasteiger partial charge in [-0.3, -0.25) is 9.59 Å². The van der Waals surface area contributed by atoms with Gasteiger partial charge in [0, 0.05) is 5.92 Å². The lowest BCUT2D eigenvalue weighted by atomic mass is 9.77. The summed E-state index contributed by atoms with van der Waals surface area (Å²) in [5, 5.41) is 2.63. The van der Waals surface area contributed by atoms with Gasteiger partial charge >= 0.3 is 0 Å². The lowest BCUT2D eigenvalue weighted by Gasteiger charge is -2.25. The number of amides is 2. The minimum Gasteiger partial charge on any atom is -0.364 e. The van der Waals surface area contributed by atoms with E-state index in [1.54, 1.807) is 6.07 Å². The van der Waals surface area contributed by atoms with E-state index in [1.165, 1.54) is 25.1 Å². The van der Waals surface area contributed by atoms with Gasteiger partial charge in [-0.2, -0.15) is 0 Å². The molecule has 0 spiro atoms. The van der Waals surface area contributed by atoms with E-state index in [2.05, 4.69) is 10.3 Å². The van der Waals surface area contributed by atoms with Gasteiger partial charge in [-0.05, 0) is 56.0 Å². The van der Waals surface area contributed by atoms with Gasteiger partial charge in [-0.25, -0.2) is 13.8 Å². The van der Waals surface area contributed by atoms with Gasteiger partial charge in [0.2, 0.25) is 0 Å². The average Bonchev–Trinajstić information content (AvgIpc) is 2.90. The molecular weight excluding hydrogens is 380 g/mol. The van der Waals surface area contributed by atoms with Crippen molar-refractivity contribution in [1.29, 1.82) is 0 Å². The highest BCUT2D eigenvalue weighted by atomic mass is 19.2. The number of anilines is 1. The van der Waals surface area contributed by atoms with Gasteiger partial charge < -0.3 is 15.8 Å². The summed E-state index contributed by atoms with van der Waals surface area (Å²) in [7, 11) is 0. The Labute approximate surface area is 167 Å². The van der Waals surface area contributed by atoms with Gasteiger partial charge in [-0.15, -0.1) is 0 Å². The van der Waals surface area contributed by atoms with Gasteiger partial charge in [-0.1, -0.05) is 19.1 Å². The Kier molecular flexibility index (Phi) is 5.40. The summed E-state index contributed by atoms with van der Waals surface area (Å²) in [6.07, 6.45) is -0.956. The van der Waals surface area contributed by atoms with Crippen molar-refractivity contribution in [2.75, 3.05) is 5.32 Å². The van der Waals surface area contributed by atoms with E-state index in [9.17, 15) is 18.4 Å². The van der Waals surface area contributed by atoms with Gasteiger partial charge in [0.25, 0.3) is 11.8 Å². The molecule has 1 aromatic carbocycles. The summed E-state index contributed by atoms with van der Waals surface area (Å²) in [4.78, 5) is 28.3. The van der Waals surface area contributed by atoms with Crippen LogP contribution in [0.15, 0.2) is 30.3 Å². The molecule has 0 unspecified atom stereocenters. The van der Waals surface area contributed by atoms with Crippen LogP contribution in [0.1, 0.15) is 48.3 Å². The molecule has 3 N–H and O–H groups in total. The van der Waals surface area contributed by atoms with Crippen molar-refractivity contribution in [3.05, 3.63) is 58.8 Å². The second-order valence-electron chi connectivity index (χ2n) is 7.79. The Balaban J connectivity index is 1.96. The van der Waals surface area contributed by atoms with Crippen LogP contribution in [0.2, 0.25) is 0 Å². The Morgan fingerprint density at radius 2 is 1.90 bits per heavy atom. The molecule has 8 heteroatoms. The summed E-state index contributed by atoms with van der Waals surface area (Å²) < 4.78 is 33.8. The first-order valence-electron chi connectivity index (χ1n) is 9.23. The van der Waals surface area contributed by atoms with Crippen LogP contribution < -0.4 is 11.1 Å². The van der Waals surface area contributed by atoms with Crippen LogP contribution in [0.5, 0.6) is 0 Å². The van der Waals surface area contributed by atoms with Crippen LogP contribution in [0.25, 0.3) is 0 Å². The van der Waals surface area contributed by atoms with Crippen LogP contribution in [0.4, 0.5) is 14.6 Å². The fourth-order valence-electron chi connectivity index (χ4n) is 3.72. The van der Waals surface area contributed by atoms with Gasteiger partial charge in [0.05, 0.1) is 5.60 Å². The second kappa shape index (κ2) is 7.51. The molecule has 2 aromatic rings. The SMILES string of the molecule is Cc1c([C@H]2[C@H](C(=O)Nc3cccc(C(N)=O)n3)OC(C)(C)[C@H]2C)ccc(F)c1F. The molecule has 29 heavy (non-hydrogen) atoms. The molecular formula is C21H23F2N3O3. The molecule has 1 aliphatic heterocycles. The number of carbonyl (C=O) groups is 2. The predicted octanol–water partition coefficient (Wildman–Crippen LogP) is 3.30. The third kappa shape index (κ3) is 3.85. The Hall–Kier alpha value is -2.87. The number of hydrogen-bond donors (Lipinski definition) is 2. The topological polar surface area (TPSA) is 94.3 Å². The van der Waals surface area contributed by atoms with E-state index in [0.29, 0.717) is 5.56 Å². The van der Waals surface area contributed by atoms with E-state index in [4.69, 9.17) is 10.5 Å². The number of rotatable bonds is 4. The zero-order valence-corrected chi connectivity index (χ0v) is 16.6. The molecule has 3 rings (SSSR count). The molecule has 1 fully saturated rings. The van der Waals surface area contributed by atoms with Crippen molar-refractivity contribution >= 4 is 17.6 Å². The Morgan fingerprint density at radius 3 is 2.55 bits per heavy atom. The fraction of sp³-hybridized carbons (Fsp3) is 0.381. The number of nitrogens with zero attached hydrogens (tertiary/aromatic N) is 1. The van der Waals surface area contributed by atoms with E-state index in [0.717, 1.165) is 6.07 Å². The maximum absolute atomic E-state index is 14.2. The zero-order valence-electron chi connectivity index (χ0n) is 16.6. The van der Waals surface area contributed by atoms with Crippen molar-refractivity contribution in [3.8, 4) is 0 Å². The molecule has 0 saturated carbocycles. The molecule has 1 aromatic heterocycles. The van der Waals surface area contributed by atoms with E-state index in [-0.39, 0.29) is 23.0 Å². The molecule has 1 aliphatic rings. The standard InChI is InChI=1S/C21H23F2N3O3/c1-10-12(8-9-13(22)17(10)23)16-11(2)21(3,4)29-18(16)20(28)26-15-7-5-6-14(25-15)19(24)27/h5-9,11,16,18H,1-4H3,(H2,24,27)(H,25,26,28)/t11-,16-,18+/m0/s1. The number of primary amides is 1. The zero-order chi connectivity index (χ0) is 21.5. The number of nitrogens with one attached hydrogen (secondary N) is 1. The highest BCUT2D eigenvalue weighted by Crippen LogP contribution is 2.47. The minimum absolute atomic E-state index is 0.0110. The van der Waals surface area contributed by atoms with Crippen LogP contribution in [-0.4, -0.2) is 28.5 Å². The van der Waals surface area contributed by atoms with Crippen molar-refractivity contribution in [2.45, 2.75) is 45.3 Å². The van der Waals surface area contributed by atoms with Gasteiger partial charge in [0.15, 0.2) is 11.6 Å². The molecule has 0 bridgehead atoms. The Morgan fingerprint density at radius 1 is 1.21 bits per heavy atom. The second-order valence-corrected chi connectivity index (χ2v) is 7.79. The normalized spacial score (nSPS) is 23.0. The number of nitrogens with two attached hydrogens (primary N) is 1. The quantitative estimate of drug-likeness (QED) is 0.819. The van der Waals surface area contributed by atoms with E-state index < -0.39 is 41.1 Å². The van der Waals surface area contributed by atoms with Crippen LogP contribution in [0, 0.1) is 24.5 Å². The minimum atomic E-state index is -0.956. The average molecular weight is 403 g/mol. The molecule has 2 heterocycles. The molecule has 2 amide bonds. The van der Waals surface area contributed by atoms with E-state index in [1.807, 2.05) is 20.8 Å². The number of ether oxygens (including phenoxy) is 1. The number of pyridine rings is 1. The number of hydrogen-bond acceptors (Lipinski definition) is 4. The summed E-state index contributed by atoms with van der Waals surface area (Å²) >= 11 is 0. The molecule has 0 aliphatic carbocycles. The number of halogens is 2. The van der Waals surface area contributed by atoms with Crippen LogP contribution in [0.3, 0.4) is 0 Å². The maximum Gasteiger partial charge on any atom is 0.267 e. The molecule has 3 atom stereocenters. The summed E-state index contributed by atoms with van der Waals surface area (Å²) in [6, 6.07) is 7.05. The van der Waals surface area contributed by atoms with Crippen molar-refractivity contribution in [2.24, 2.45) is 11.7 Å². The maximum atomic E-state index is 14.2. The van der Waals surface area contributed by atoms with Crippen LogP contribution in [-0.2, 0) is 9.53 Å². The molecule has 0 radical (unpaired) electrons. The third-order valence-electron chi connectivity index (χ3n) is 5.64. The molecule has 6 nitrogen and oxygen atoms in total. The fourth-order valence-corrected chi connectivity index (χ4v) is 3.72. The van der Waals surface area contributed by atoms with Crippen molar-refractivity contribution in [3.63, 3.8) is 0 Å². The summed E-state index contributed by atoms with van der Waals surface area (Å²) in [5.41, 5.74) is 5.23. The highest BCUT2D eigenvalue weighted by molar-refractivity contribution is 5.96. The Bertz CT molecular complexity index is 978. The highest BCUT2D eigenvalue weighted by Gasteiger charge is 2.51. The summed E-state index contributed by atoms with van der Waals surface area (Å²) in [6.45, 7) is 7.08. The molecule has 154 valence electrons. The van der Waals surface area contributed by atoms with Crippen LogP contribution >= 0.6 is 0 Å². The largest absolute Gasteiger partial charge is 0.364 e.